The van der Waals surface area contributed by atoms with Crippen LogP contribution in [0.4, 0.5) is 4.39 Å². The zero-order valence-electron chi connectivity index (χ0n) is 18.6. The predicted molar refractivity (Wildman–Crippen MR) is 128 cm³/mol. The molecular weight excluding hydrogens is 437 g/mol. The zero-order chi connectivity index (χ0) is 22.7. The summed E-state index contributed by atoms with van der Waals surface area (Å²) in [7, 11) is 0. The van der Waals surface area contributed by atoms with Crippen molar-refractivity contribution in [3.05, 3.63) is 76.4 Å². The number of piperazine rings is 1. The third-order valence-electron chi connectivity index (χ3n) is 6.79. The standard InChI is InChI=1S/C26H28FN3O2S/c27-22-8-6-20(7-9-22)23-19-33-24(28-23)18-29-12-14-30(15-13-29)25(31)26(10-16-32-17-11-26)21-4-2-1-3-5-21/h1-9,19H,10-18H2. The molecule has 0 radical (unpaired) electrons. The van der Waals surface area contributed by atoms with Crippen molar-refractivity contribution in [1.29, 1.82) is 0 Å². The average Bonchev–Trinajstić information content (AvgIpc) is 3.34. The van der Waals surface area contributed by atoms with Gasteiger partial charge in [0.2, 0.25) is 5.91 Å². The van der Waals surface area contributed by atoms with Crippen LogP contribution in [-0.4, -0.2) is 60.1 Å². The first kappa shape index (κ1) is 22.2. The summed E-state index contributed by atoms with van der Waals surface area (Å²) in [6.45, 7) is 5.14. The van der Waals surface area contributed by atoms with Gasteiger partial charge in [-0.3, -0.25) is 9.69 Å². The topological polar surface area (TPSA) is 45.7 Å². The van der Waals surface area contributed by atoms with E-state index in [1.54, 1.807) is 23.5 Å². The third kappa shape index (κ3) is 4.71. The van der Waals surface area contributed by atoms with E-state index in [-0.39, 0.29) is 11.7 Å². The molecule has 1 aromatic heterocycles. The second-order valence-electron chi connectivity index (χ2n) is 8.76. The van der Waals surface area contributed by atoms with Gasteiger partial charge in [0.25, 0.3) is 0 Å². The maximum Gasteiger partial charge on any atom is 0.233 e. The van der Waals surface area contributed by atoms with E-state index in [1.807, 2.05) is 28.5 Å². The van der Waals surface area contributed by atoms with E-state index >= 15 is 0 Å². The molecule has 3 aromatic rings. The summed E-state index contributed by atoms with van der Waals surface area (Å²) in [6.07, 6.45) is 1.47. The molecule has 2 aliphatic rings. The number of benzene rings is 2. The molecule has 0 unspecified atom stereocenters. The Hall–Kier alpha value is -2.61. The Morgan fingerprint density at radius 1 is 1.00 bits per heavy atom. The number of thiazole rings is 1. The number of ether oxygens (including phenoxy) is 1. The van der Waals surface area contributed by atoms with Crippen LogP contribution in [-0.2, 0) is 21.5 Å². The molecule has 1 amide bonds. The Bertz CT molecular complexity index is 1070. The van der Waals surface area contributed by atoms with Crippen molar-refractivity contribution in [2.45, 2.75) is 24.8 Å². The molecule has 7 heteroatoms. The Kier molecular flexibility index (Phi) is 6.53. The van der Waals surface area contributed by atoms with Crippen molar-refractivity contribution in [3.8, 4) is 11.3 Å². The van der Waals surface area contributed by atoms with Gasteiger partial charge >= 0.3 is 0 Å². The molecule has 2 aliphatic heterocycles. The molecule has 3 heterocycles. The summed E-state index contributed by atoms with van der Waals surface area (Å²) < 4.78 is 18.8. The second-order valence-corrected chi connectivity index (χ2v) is 9.70. The monoisotopic (exact) mass is 465 g/mol. The third-order valence-corrected chi connectivity index (χ3v) is 7.63. The van der Waals surface area contributed by atoms with Crippen LogP contribution in [0.25, 0.3) is 11.3 Å². The summed E-state index contributed by atoms with van der Waals surface area (Å²) in [5.41, 5.74) is 2.45. The molecule has 0 saturated carbocycles. The number of rotatable bonds is 5. The van der Waals surface area contributed by atoms with Crippen molar-refractivity contribution in [3.63, 3.8) is 0 Å². The molecule has 0 aliphatic carbocycles. The average molecular weight is 466 g/mol. The summed E-state index contributed by atoms with van der Waals surface area (Å²) >= 11 is 1.63. The quantitative estimate of drug-likeness (QED) is 0.562. The van der Waals surface area contributed by atoms with Gasteiger partial charge in [-0.15, -0.1) is 11.3 Å². The van der Waals surface area contributed by atoms with E-state index < -0.39 is 5.41 Å². The van der Waals surface area contributed by atoms with Crippen molar-refractivity contribution < 1.29 is 13.9 Å². The summed E-state index contributed by atoms with van der Waals surface area (Å²) in [5, 5.41) is 3.07. The maximum atomic E-state index is 13.7. The molecule has 2 aromatic carbocycles. The first-order valence-electron chi connectivity index (χ1n) is 11.5. The van der Waals surface area contributed by atoms with E-state index in [4.69, 9.17) is 9.72 Å². The lowest BCUT2D eigenvalue weighted by atomic mass is 9.73. The van der Waals surface area contributed by atoms with E-state index in [2.05, 4.69) is 17.0 Å². The van der Waals surface area contributed by atoms with Gasteiger partial charge in [-0.25, -0.2) is 9.37 Å². The van der Waals surface area contributed by atoms with Crippen LogP contribution in [0, 0.1) is 5.82 Å². The van der Waals surface area contributed by atoms with Crippen molar-refractivity contribution in [2.75, 3.05) is 39.4 Å². The highest BCUT2D eigenvalue weighted by Crippen LogP contribution is 2.37. The normalized spacial score (nSPS) is 18.9. The lowest BCUT2D eigenvalue weighted by molar-refractivity contribution is -0.143. The van der Waals surface area contributed by atoms with Crippen LogP contribution in [0.5, 0.6) is 0 Å². The first-order chi connectivity index (χ1) is 16.1. The van der Waals surface area contributed by atoms with E-state index in [0.29, 0.717) is 13.2 Å². The minimum atomic E-state index is -0.471. The van der Waals surface area contributed by atoms with Crippen LogP contribution in [0.15, 0.2) is 60.0 Å². The number of hydrogen-bond donors (Lipinski definition) is 0. The second kappa shape index (κ2) is 9.71. The number of carbonyl (C=O) groups excluding carboxylic acids is 1. The van der Waals surface area contributed by atoms with Gasteiger partial charge in [0.1, 0.15) is 10.8 Å². The Morgan fingerprint density at radius 2 is 1.70 bits per heavy atom. The van der Waals surface area contributed by atoms with Gasteiger partial charge in [0, 0.05) is 50.3 Å². The van der Waals surface area contributed by atoms with Gasteiger partial charge in [0.15, 0.2) is 0 Å². The van der Waals surface area contributed by atoms with E-state index in [0.717, 1.165) is 67.4 Å². The number of halogens is 1. The Morgan fingerprint density at radius 3 is 2.39 bits per heavy atom. The Balaban J connectivity index is 1.22. The summed E-state index contributed by atoms with van der Waals surface area (Å²) in [6, 6.07) is 16.7. The van der Waals surface area contributed by atoms with Gasteiger partial charge in [-0.1, -0.05) is 30.3 Å². The number of hydrogen-bond acceptors (Lipinski definition) is 5. The van der Waals surface area contributed by atoms with Gasteiger partial charge < -0.3 is 9.64 Å². The van der Waals surface area contributed by atoms with Gasteiger partial charge in [-0.2, -0.15) is 0 Å². The van der Waals surface area contributed by atoms with Crippen LogP contribution in [0.1, 0.15) is 23.4 Å². The number of aromatic nitrogens is 1. The highest BCUT2D eigenvalue weighted by molar-refractivity contribution is 7.09. The maximum absolute atomic E-state index is 13.7. The summed E-state index contributed by atoms with van der Waals surface area (Å²) in [4.78, 5) is 22.9. The highest BCUT2D eigenvalue weighted by atomic mass is 32.1. The van der Waals surface area contributed by atoms with Crippen LogP contribution >= 0.6 is 11.3 Å². The molecule has 0 bridgehead atoms. The lowest BCUT2D eigenvalue weighted by Crippen LogP contribution is -2.55. The predicted octanol–water partition coefficient (Wildman–Crippen LogP) is 4.34. The molecule has 172 valence electrons. The largest absolute Gasteiger partial charge is 0.381 e. The number of amides is 1. The SMILES string of the molecule is O=C(N1CCN(Cc2nc(-c3ccc(F)cc3)cs2)CC1)C1(c2ccccc2)CCOCC1. The van der Waals surface area contributed by atoms with Crippen LogP contribution in [0.3, 0.4) is 0 Å². The molecule has 2 fully saturated rings. The molecule has 5 rings (SSSR count). The van der Waals surface area contributed by atoms with E-state index in [9.17, 15) is 9.18 Å². The minimum Gasteiger partial charge on any atom is -0.381 e. The molecular formula is C26H28FN3O2S. The van der Waals surface area contributed by atoms with Crippen molar-refractivity contribution in [1.82, 2.24) is 14.8 Å². The van der Waals surface area contributed by atoms with Crippen LogP contribution in [0.2, 0.25) is 0 Å². The molecule has 33 heavy (non-hydrogen) atoms. The fourth-order valence-electron chi connectivity index (χ4n) is 4.84. The zero-order valence-corrected chi connectivity index (χ0v) is 19.4. The van der Waals surface area contributed by atoms with Gasteiger partial charge in [-0.05, 0) is 42.7 Å². The Labute approximate surface area is 197 Å². The van der Waals surface area contributed by atoms with E-state index in [1.165, 1.54) is 12.1 Å². The minimum absolute atomic E-state index is 0.239. The number of carbonyl (C=O) groups is 1. The molecule has 0 spiro atoms. The highest BCUT2D eigenvalue weighted by Gasteiger charge is 2.44. The van der Waals surface area contributed by atoms with Crippen molar-refractivity contribution in [2.24, 2.45) is 0 Å². The van der Waals surface area contributed by atoms with Gasteiger partial charge in [0.05, 0.1) is 17.7 Å². The molecule has 5 nitrogen and oxygen atoms in total. The summed E-state index contributed by atoms with van der Waals surface area (Å²) in [5.74, 6) is 0.000845. The fraction of sp³-hybridized carbons (Fsp3) is 0.385. The smallest absolute Gasteiger partial charge is 0.233 e. The molecule has 2 saturated heterocycles. The first-order valence-corrected chi connectivity index (χ1v) is 12.4. The van der Waals surface area contributed by atoms with Crippen molar-refractivity contribution >= 4 is 17.2 Å². The fourth-order valence-corrected chi connectivity index (χ4v) is 5.69. The molecule has 0 N–H and O–H groups in total. The van der Waals surface area contributed by atoms with Crippen LogP contribution < -0.4 is 0 Å². The molecule has 0 atom stereocenters. The number of nitrogens with zero attached hydrogens (tertiary/aromatic N) is 3. The lowest BCUT2D eigenvalue weighted by Gasteiger charge is -2.43.